The van der Waals surface area contributed by atoms with Crippen molar-refractivity contribution in [3.8, 4) is 0 Å². The van der Waals surface area contributed by atoms with Crippen LogP contribution in [0.1, 0.15) is 26.3 Å². The van der Waals surface area contributed by atoms with Crippen molar-refractivity contribution in [2.24, 2.45) is 11.8 Å². The smallest absolute Gasteiger partial charge is 0.324 e. The summed E-state index contributed by atoms with van der Waals surface area (Å²) in [6, 6.07) is 16.7. The summed E-state index contributed by atoms with van der Waals surface area (Å²) in [6.45, 7) is 5.81. The number of esters is 1. The van der Waals surface area contributed by atoms with Crippen molar-refractivity contribution in [3.63, 3.8) is 0 Å². The van der Waals surface area contributed by atoms with Crippen molar-refractivity contribution in [3.05, 3.63) is 78.1 Å². The molecule has 0 aliphatic carbocycles. The molecule has 3 fully saturated rings. The molecular formula is C29H30N2O7. The zero-order chi connectivity index (χ0) is 26.6. The molecule has 0 aromatic heterocycles. The highest BCUT2D eigenvalue weighted by Crippen LogP contribution is 2.49. The number of carbonyl (C=O) groups excluding carboxylic acids is 3. The number of benzene rings is 2. The molecule has 6 atom stereocenters. The average molecular weight is 519 g/mol. The summed E-state index contributed by atoms with van der Waals surface area (Å²) >= 11 is 0. The van der Waals surface area contributed by atoms with Gasteiger partial charge in [-0.1, -0.05) is 48.5 Å². The Morgan fingerprint density at radius 2 is 1.61 bits per heavy atom. The Labute approximate surface area is 220 Å². The van der Waals surface area contributed by atoms with E-state index in [4.69, 9.17) is 18.9 Å². The number of para-hydroxylation sites is 1. The van der Waals surface area contributed by atoms with Gasteiger partial charge >= 0.3 is 5.97 Å². The number of hydrogen-bond acceptors (Lipinski definition) is 8. The fraction of sp³-hybridized carbons (Fsp3) is 0.414. The van der Waals surface area contributed by atoms with Gasteiger partial charge in [0.05, 0.1) is 30.2 Å². The van der Waals surface area contributed by atoms with Gasteiger partial charge in [0.15, 0.2) is 5.79 Å². The van der Waals surface area contributed by atoms with Crippen LogP contribution in [0.25, 0.3) is 0 Å². The third kappa shape index (κ3) is 4.02. The van der Waals surface area contributed by atoms with Crippen LogP contribution >= 0.6 is 0 Å². The van der Waals surface area contributed by atoms with Gasteiger partial charge in [-0.25, -0.2) is 4.90 Å². The van der Waals surface area contributed by atoms with Crippen LogP contribution in [0, 0.1) is 11.8 Å². The normalized spacial score (nSPS) is 31.7. The Morgan fingerprint density at radius 3 is 2.26 bits per heavy atom. The van der Waals surface area contributed by atoms with Crippen LogP contribution in [-0.2, 0) is 39.9 Å². The molecule has 198 valence electrons. The maximum absolute atomic E-state index is 14.0. The third-order valence-corrected chi connectivity index (χ3v) is 7.50. The van der Waals surface area contributed by atoms with E-state index in [9.17, 15) is 14.4 Å². The first-order chi connectivity index (χ1) is 18.3. The highest BCUT2D eigenvalue weighted by Gasteiger charge is 2.66. The molecule has 0 radical (unpaired) electrons. The van der Waals surface area contributed by atoms with Crippen molar-refractivity contribution in [1.82, 2.24) is 4.90 Å². The fourth-order valence-electron chi connectivity index (χ4n) is 6.10. The van der Waals surface area contributed by atoms with Crippen LogP contribution in [0.2, 0.25) is 0 Å². The zero-order valence-electron chi connectivity index (χ0n) is 21.5. The Hall–Kier alpha value is -3.53. The minimum absolute atomic E-state index is 0.154. The molecule has 4 aliphatic heterocycles. The van der Waals surface area contributed by atoms with Gasteiger partial charge in [-0.2, -0.15) is 0 Å². The molecule has 0 saturated carbocycles. The number of hydrogen-bond donors (Lipinski definition) is 0. The Balaban J connectivity index is 1.45. The summed E-state index contributed by atoms with van der Waals surface area (Å²) in [5, 5.41) is 0. The van der Waals surface area contributed by atoms with E-state index in [1.165, 1.54) is 4.90 Å². The molecule has 38 heavy (non-hydrogen) atoms. The molecule has 0 bridgehead atoms. The molecule has 4 heterocycles. The first-order valence-corrected chi connectivity index (χ1v) is 12.9. The van der Waals surface area contributed by atoms with Gasteiger partial charge in [-0.05, 0) is 44.5 Å². The van der Waals surface area contributed by atoms with E-state index in [2.05, 4.69) is 0 Å². The van der Waals surface area contributed by atoms with Crippen LogP contribution in [0.4, 0.5) is 5.69 Å². The van der Waals surface area contributed by atoms with E-state index in [0.29, 0.717) is 18.0 Å². The van der Waals surface area contributed by atoms with Crippen molar-refractivity contribution in [1.29, 1.82) is 0 Å². The van der Waals surface area contributed by atoms with E-state index in [0.717, 1.165) is 5.56 Å². The summed E-state index contributed by atoms with van der Waals surface area (Å²) in [4.78, 5) is 44.5. The number of fused-ring (bicyclic) bond motifs is 2. The number of amides is 2. The summed E-state index contributed by atoms with van der Waals surface area (Å²) in [7, 11) is 0. The van der Waals surface area contributed by atoms with Gasteiger partial charge in [0.2, 0.25) is 18.1 Å². The van der Waals surface area contributed by atoms with Crippen LogP contribution in [0.3, 0.4) is 0 Å². The second-order valence-corrected chi connectivity index (χ2v) is 10.4. The van der Waals surface area contributed by atoms with Crippen molar-refractivity contribution < 1.29 is 33.3 Å². The molecule has 0 N–H and O–H groups in total. The van der Waals surface area contributed by atoms with E-state index in [-0.39, 0.29) is 12.5 Å². The molecule has 2 aromatic carbocycles. The maximum atomic E-state index is 14.0. The lowest BCUT2D eigenvalue weighted by Gasteiger charge is -2.33. The topological polar surface area (TPSA) is 94.6 Å². The lowest BCUT2D eigenvalue weighted by Crippen LogP contribution is -2.49. The van der Waals surface area contributed by atoms with Crippen molar-refractivity contribution >= 4 is 23.5 Å². The van der Waals surface area contributed by atoms with Crippen LogP contribution in [-0.4, -0.2) is 59.6 Å². The molecule has 6 rings (SSSR count). The Morgan fingerprint density at radius 1 is 0.947 bits per heavy atom. The van der Waals surface area contributed by atoms with Gasteiger partial charge in [0.25, 0.3) is 0 Å². The number of ether oxygens (including phenoxy) is 4. The van der Waals surface area contributed by atoms with Crippen LogP contribution in [0.5, 0.6) is 0 Å². The van der Waals surface area contributed by atoms with E-state index < -0.39 is 54.0 Å². The number of anilines is 1. The molecule has 9 nitrogen and oxygen atoms in total. The summed E-state index contributed by atoms with van der Waals surface area (Å²) in [5.74, 6) is -3.45. The predicted molar refractivity (Wildman–Crippen MR) is 135 cm³/mol. The zero-order valence-corrected chi connectivity index (χ0v) is 21.5. The molecule has 9 heteroatoms. The number of nitrogens with zero attached hydrogens (tertiary/aromatic N) is 2. The third-order valence-electron chi connectivity index (χ3n) is 7.50. The molecule has 2 aromatic rings. The molecular weight excluding hydrogens is 488 g/mol. The first kappa shape index (κ1) is 24.8. The maximum Gasteiger partial charge on any atom is 0.324 e. The van der Waals surface area contributed by atoms with Gasteiger partial charge < -0.3 is 18.9 Å². The van der Waals surface area contributed by atoms with Gasteiger partial charge in [0, 0.05) is 6.54 Å². The van der Waals surface area contributed by atoms with Gasteiger partial charge in [-0.3, -0.25) is 19.3 Å². The number of likely N-dealkylation sites (tertiary alicyclic amines) is 1. The Bertz CT molecular complexity index is 1280. The Kier molecular flexibility index (Phi) is 6.09. The standard InChI is InChI=1S/C29H30N2O7/c1-4-35-27(34)24-22-21(25(32)31(26(22)33)18-13-9-6-10-14-18)23(30(24)16-17-11-7-5-8-12-17)19-15-20-28(36-19)38-29(2,3)37-20/h5-15,20-24,28H,4,16H2,1-3H3/t20-,21?,22?,23-,24+,28-/m1/s1. The van der Waals surface area contributed by atoms with Crippen molar-refractivity contribution in [2.45, 2.75) is 57.6 Å². The van der Waals surface area contributed by atoms with E-state index in [1.54, 1.807) is 31.2 Å². The summed E-state index contributed by atoms with van der Waals surface area (Å²) < 4.78 is 23.6. The summed E-state index contributed by atoms with van der Waals surface area (Å²) in [6.07, 6.45) is 0.683. The molecule has 2 unspecified atom stereocenters. The minimum Gasteiger partial charge on any atom is -0.465 e. The van der Waals surface area contributed by atoms with Gasteiger partial charge in [0.1, 0.15) is 17.9 Å². The molecule has 3 saturated heterocycles. The van der Waals surface area contributed by atoms with Crippen molar-refractivity contribution in [2.75, 3.05) is 11.5 Å². The minimum atomic E-state index is -0.974. The predicted octanol–water partition coefficient (Wildman–Crippen LogP) is 3.00. The highest BCUT2D eigenvalue weighted by atomic mass is 16.8. The lowest BCUT2D eigenvalue weighted by molar-refractivity contribution is -0.184. The van der Waals surface area contributed by atoms with E-state index in [1.807, 2.05) is 61.2 Å². The molecule has 2 amide bonds. The van der Waals surface area contributed by atoms with Gasteiger partial charge in [-0.15, -0.1) is 0 Å². The first-order valence-electron chi connectivity index (χ1n) is 12.9. The average Bonchev–Trinajstić information content (AvgIpc) is 3.57. The molecule has 4 aliphatic rings. The van der Waals surface area contributed by atoms with Crippen LogP contribution < -0.4 is 4.90 Å². The number of carbonyl (C=O) groups is 3. The van der Waals surface area contributed by atoms with E-state index >= 15 is 0 Å². The number of imide groups is 1. The number of rotatable bonds is 6. The van der Waals surface area contributed by atoms with Crippen LogP contribution in [0.15, 0.2) is 72.5 Å². The SMILES string of the molecule is CCOC(=O)[C@@H]1C2C(=O)N(c3ccccc3)C(=O)C2[C@@H](C2=C[C@H]3OC(C)(C)O[C@H]3O2)N1Cc1ccccc1. The monoisotopic (exact) mass is 518 g/mol. The fourth-order valence-corrected chi connectivity index (χ4v) is 6.10. The largest absolute Gasteiger partial charge is 0.465 e. The second-order valence-electron chi connectivity index (χ2n) is 10.4. The second kappa shape index (κ2) is 9.34. The summed E-state index contributed by atoms with van der Waals surface area (Å²) in [5.41, 5.74) is 1.40. The lowest BCUT2D eigenvalue weighted by atomic mass is 9.88. The quantitative estimate of drug-likeness (QED) is 0.426. The highest BCUT2D eigenvalue weighted by molar-refractivity contribution is 6.23. The molecule has 0 spiro atoms.